The van der Waals surface area contributed by atoms with Crippen molar-refractivity contribution in [3.63, 3.8) is 0 Å². The fraction of sp³-hybridized carbons (Fsp3) is 0. The van der Waals surface area contributed by atoms with Crippen LogP contribution in [0.5, 0.6) is 0 Å². The summed E-state index contributed by atoms with van der Waals surface area (Å²) in [5, 5.41) is 4.40. The molecule has 0 atom stereocenters. The third-order valence-electron chi connectivity index (χ3n) is 2.63. The second-order valence-electron chi connectivity index (χ2n) is 4.02. The van der Waals surface area contributed by atoms with Gasteiger partial charge in [0, 0.05) is 16.2 Å². The van der Waals surface area contributed by atoms with Gasteiger partial charge >= 0.3 is 0 Å². The first-order valence-electron chi connectivity index (χ1n) is 5.64. The van der Waals surface area contributed by atoms with E-state index in [0.29, 0.717) is 33.7 Å². The summed E-state index contributed by atoms with van der Waals surface area (Å²) >= 11 is 9.20. The standard InChI is InChI=1S/C13H8BrClN4O/c14-8-2-4-11(17-6-8)12-18-13(20-19-12)7-1-3-9(15)10(16)5-7/h1-6H,16H2. The summed E-state index contributed by atoms with van der Waals surface area (Å²) in [6.07, 6.45) is 1.67. The Kier molecular flexibility index (Phi) is 3.42. The van der Waals surface area contributed by atoms with E-state index in [1.165, 1.54) is 0 Å². The average Bonchev–Trinajstić information content (AvgIpc) is 2.92. The Labute approximate surface area is 127 Å². The number of nitrogen functional groups attached to an aromatic ring is 1. The topological polar surface area (TPSA) is 77.8 Å². The molecular weight excluding hydrogens is 344 g/mol. The second-order valence-corrected chi connectivity index (χ2v) is 5.34. The van der Waals surface area contributed by atoms with Crippen molar-refractivity contribution in [2.45, 2.75) is 0 Å². The van der Waals surface area contributed by atoms with Gasteiger partial charge in [0.25, 0.3) is 5.89 Å². The van der Waals surface area contributed by atoms with E-state index in [4.69, 9.17) is 21.9 Å². The molecule has 2 heterocycles. The second kappa shape index (κ2) is 5.22. The summed E-state index contributed by atoms with van der Waals surface area (Å²) in [6.45, 7) is 0. The highest BCUT2D eigenvalue weighted by molar-refractivity contribution is 9.10. The van der Waals surface area contributed by atoms with Gasteiger partial charge in [0.1, 0.15) is 5.69 Å². The van der Waals surface area contributed by atoms with Crippen molar-refractivity contribution in [1.29, 1.82) is 0 Å². The lowest BCUT2D eigenvalue weighted by atomic mass is 10.2. The number of nitrogens with two attached hydrogens (primary N) is 1. The number of pyridine rings is 1. The number of hydrogen-bond acceptors (Lipinski definition) is 5. The molecule has 20 heavy (non-hydrogen) atoms. The molecule has 0 saturated heterocycles. The van der Waals surface area contributed by atoms with E-state index in [1.54, 1.807) is 30.5 Å². The number of aromatic nitrogens is 3. The molecule has 1 aromatic carbocycles. The predicted molar refractivity (Wildman–Crippen MR) is 80.1 cm³/mol. The van der Waals surface area contributed by atoms with Crippen molar-refractivity contribution in [3.05, 3.63) is 46.0 Å². The molecule has 0 unspecified atom stereocenters. The molecule has 5 nitrogen and oxygen atoms in total. The number of hydrogen-bond donors (Lipinski definition) is 1. The van der Waals surface area contributed by atoms with Gasteiger partial charge in [0.15, 0.2) is 0 Å². The Morgan fingerprint density at radius 3 is 2.75 bits per heavy atom. The first-order chi connectivity index (χ1) is 9.63. The van der Waals surface area contributed by atoms with Gasteiger partial charge in [-0.05, 0) is 46.3 Å². The van der Waals surface area contributed by atoms with Crippen LogP contribution in [0.3, 0.4) is 0 Å². The van der Waals surface area contributed by atoms with Crippen LogP contribution in [0.2, 0.25) is 5.02 Å². The minimum Gasteiger partial charge on any atom is -0.398 e. The van der Waals surface area contributed by atoms with Gasteiger partial charge in [0.2, 0.25) is 5.82 Å². The number of benzene rings is 1. The third-order valence-corrected chi connectivity index (χ3v) is 3.44. The monoisotopic (exact) mass is 350 g/mol. The molecule has 0 saturated carbocycles. The summed E-state index contributed by atoms with van der Waals surface area (Å²) in [6, 6.07) is 8.81. The van der Waals surface area contributed by atoms with Crippen molar-refractivity contribution in [3.8, 4) is 23.0 Å². The maximum atomic E-state index is 5.88. The van der Waals surface area contributed by atoms with Crippen molar-refractivity contribution in [1.82, 2.24) is 15.1 Å². The van der Waals surface area contributed by atoms with E-state index in [9.17, 15) is 0 Å². The molecular formula is C13H8BrClN4O. The van der Waals surface area contributed by atoms with Crippen LogP contribution in [0.4, 0.5) is 5.69 Å². The molecule has 2 N–H and O–H groups in total. The van der Waals surface area contributed by atoms with E-state index < -0.39 is 0 Å². The SMILES string of the molecule is Nc1cc(-c2nc(-c3ccc(Br)cn3)no2)ccc1Cl. The number of anilines is 1. The Morgan fingerprint density at radius 1 is 1.20 bits per heavy atom. The van der Waals surface area contributed by atoms with Crippen LogP contribution in [0.15, 0.2) is 45.5 Å². The van der Waals surface area contributed by atoms with Gasteiger partial charge in [-0.2, -0.15) is 4.98 Å². The molecule has 3 rings (SSSR count). The molecule has 0 fully saturated rings. The quantitative estimate of drug-likeness (QED) is 0.711. The highest BCUT2D eigenvalue weighted by atomic mass is 79.9. The highest BCUT2D eigenvalue weighted by Gasteiger charge is 2.12. The zero-order valence-electron chi connectivity index (χ0n) is 10.0. The summed E-state index contributed by atoms with van der Waals surface area (Å²) in [5.41, 5.74) is 7.56. The van der Waals surface area contributed by atoms with Crippen LogP contribution in [0, 0.1) is 0 Å². The zero-order valence-corrected chi connectivity index (χ0v) is 12.4. The molecule has 0 radical (unpaired) electrons. The van der Waals surface area contributed by atoms with Gasteiger partial charge in [0.05, 0.1) is 10.7 Å². The van der Waals surface area contributed by atoms with E-state index in [1.807, 2.05) is 6.07 Å². The van der Waals surface area contributed by atoms with E-state index in [2.05, 4.69) is 31.1 Å². The average molecular weight is 352 g/mol. The molecule has 0 aliphatic heterocycles. The van der Waals surface area contributed by atoms with Crippen LogP contribution in [-0.2, 0) is 0 Å². The molecule has 100 valence electrons. The minimum atomic E-state index is 0.369. The fourth-order valence-electron chi connectivity index (χ4n) is 1.63. The normalized spacial score (nSPS) is 10.7. The maximum Gasteiger partial charge on any atom is 0.258 e. The molecule has 2 aromatic heterocycles. The van der Waals surface area contributed by atoms with Crippen LogP contribution >= 0.6 is 27.5 Å². The van der Waals surface area contributed by atoms with Gasteiger partial charge in [-0.15, -0.1) is 0 Å². The molecule has 0 amide bonds. The van der Waals surface area contributed by atoms with Gasteiger partial charge in [-0.3, -0.25) is 4.98 Å². The smallest absolute Gasteiger partial charge is 0.258 e. The number of halogens is 2. The van der Waals surface area contributed by atoms with Gasteiger partial charge in [-0.25, -0.2) is 0 Å². The Hall–Kier alpha value is -1.92. The van der Waals surface area contributed by atoms with Crippen molar-refractivity contribution in [2.24, 2.45) is 0 Å². The van der Waals surface area contributed by atoms with Crippen LogP contribution in [0.1, 0.15) is 0 Å². The lowest BCUT2D eigenvalue weighted by molar-refractivity contribution is 0.432. The van der Waals surface area contributed by atoms with Crippen molar-refractivity contribution >= 4 is 33.2 Å². The van der Waals surface area contributed by atoms with Crippen molar-refractivity contribution in [2.75, 3.05) is 5.73 Å². The summed E-state index contributed by atoms with van der Waals surface area (Å²) in [5.74, 6) is 0.786. The van der Waals surface area contributed by atoms with Crippen LogP contribution in [0.25, 0.3) is 23.0 Å². The number of nitrogens with zero attached hydrogens (tertiary/aromatic N) is 3. The summed E-state index contributed by atoms with van der Waals surface area (Å²) in [7, 11) is 0. The lowest BCUT2D eigenvalue weighted by Crippen LogP contribution is -1.88. The van der Waals surface area contributed by atoms with Crippen molar-refractivity contribution < 1.29 is 4.52 Å². The van der Waals surface area contributed by atoms with E-state index in [-0.39, 0.29) is 0 Å². The van der Waals surface area contributed by atoms with Gasteiger partial charge < -0.3 is 10.3 Å². The minimum absolute atomic E-state index is 0.369. The Balaban J connectivity index is 1.97. The molecule has 0 aliphatic carbocycles. The lowest BCUT2D eigenvalue weighted by Gasteiger charge is -1.98. The largest absolute Gasteiger partial charge is 0.398 e. The van der Waals surface area contributed by atoms with Gasteiger partial charge in [-0.1, -0.05) is 16.8 Å². The van der Waals surface area contributed by atoms with Crippen LogP contribution < -0.4 is 5.73 Å². The predicted octanol–water partition coefficient (Wildman–Crippen LogP) is 3.80. The van der Waals surface area contributed by atoms with Crippen LogP contribution in [-0.4, -0.2) is 15.1 Å². The molecule has 0 bridgehead atoms. The Morgan fingerprint density at radius 2 is 2.05 bits per heavy atom. The zero-order chi connectivity index (χ0) is 14.1. The molecule has 7 heteroatoms. The molecule has 3 aromatic rings. The fourth-order valence-corrected chi connectivity index (χ4v) is 1.98. The molecule has 0 aliphatic rings. The first kappa shape index (κ1) is 13.1. The first-order valence-corrected chi connectivity index (χ1v) is 6.81. The third kappa shape index (κ3) is 2.52. The molecule has 0 spiro atoms. The number of rotatable bonds is 2. The summed E-state index contributed by atoms with van der Waals surface area (Å²) in [4.78, 5) is 8.51. The Bertz CT molecular complexity index is 757. The summed E-state index contributed by atoms with van der Waals surface area (Å²) < 4.78 is 6.10. The van der Waals surface area contributed by atoms with E-state index in [0.717, 1.165) is 4.47 Å². The van der Waals surface area contributed by atoms with E-state index >= 15 is 0 Å². The maximum absolute atomic E-state index is 5.88. The highest BCUT2D eigenvalue weighted by Crippen LogP contribution is 2.27.